The Morgan fingerprint density at radius 3 is 0.427 bits per heavy atom. The lowest BCUT2D eigenvalue weighted by atomic mass is 10.1. The van der Waals surface area contributed by atoms with E-state index in [9.17, 15) is 42.1 Å². The third kappa shape index (κ3) is 22.5. The Bertz CT molecular complexity index is 6700. The minimum atomic E-state index is -3.68. The Labute approximate surface area is 727 Å². The molecule has 0 atom stereocenters. The van der Waals surface area contributed by atoms with Gasteiger partial charge in [0, 0.05) is 0 Å². The smallest absolute Gasteiger partial charge is 0.206 e. The molecule has 0 spiro atoms. The van der Waals surface area contributed by atoms with Crippen LogP contribution in [0.5, 0.6) is 69.0 Å². The molecule has 15 rings (SSSR count). The summed E-state index contributed by atoms with van der Waals surface area (Å²) in [6.07, 6.45) is 4.52. The maximum Gasteiger partial charge on any atom is 0.206 e. The van der Waals surface area contributed by atoms with Crippen LogP contribution < -0.4 is 37.9 Å². The number of methoxy groups -OCH3 is 4. The molecule has 0 aliphatic carbocycles. The zero-order valence-corrected chi connectivity index (χ0v) is 74.3. The summed E-state index contributed by atoms with van der Waals surface area (Å²) in [5.74, 6) is 7.55. The molecule has 0 aromatic heterocycles. The van der Waals surface area contributed by atoms with Crippen LogP contribution in [-0.4, -0.2) is 83.0 Å². The average Bonchev–Trinajstić information content (AvgIpc) is 0.812. The number of sulfone groups is 5. The second kappa shape index (κ2) is 39.8. The van der Waals surface area contributed by atoms with Gasteiger partial charge in [-0.05, 0) is 352 Å². The maximum absolute atomic E-state index is 12.9. The van der Waals surface area contributed by atoms with Crippen molar-refractivity contribution in [3.8, 4) is 80.1 Å². The van der Waals surface area contributed by atoms with Crippen LogP contribution in [-0.2, 0) is 49.2 Å². The van der Waals surface area contributed by atoms with E-state index < -0.39 is 59.2 Å². The summed E-state index contributed by atoms with van der Waals surface area (Å²) in [5.41, 5.74) is 6.17. The molecular weight excluding hydrogens is 1680 g/mol. The molecule has 0 fully saturated rings. The number of ether oxygens (including phenoxy) is 8. The fraction of sp³-hybridized carbons (Fsp3) is 0.100. The van der Waals surface area contributed by atoms with Gasteiger partial charge < -0.3 is 37.9 Å². The molecule has 24 heteroatoms. The lowest BCUT2D eigenvalue weighted by Crippen LogP contribution is -2.02. The molecular formula is C100H90O18S6. The summed E-state index contributed by atoms with van der Waals surface area (Å²) < 4.78 is 172. The van der Waals surface area contributed by atoms with Crippen molar-refractivity contribution in [2.75, 3.05) is 41.0 Å². The second-order valence-corrected chi connectivity index (χ2v) is 42.0. The number of rotatable bonds is 25. The fourth-order valence-corrected chi connectivity index (χ4v) is 20.5. The van der Waals surface area contributed by atoms with Crippen molar-refractivity contribution in [2.24, 2.45) is 0 Å². The number of hydrogen-bond donors (Lipinski definition) is 0. The lowest BCUT2D eigenvalue weighted by molar-refractivity contribution is 0.413. The second-order valence-electron chi connectivity index (χ2n) is 28.6. The largest absolute Gasteiger partial charge is 0.497 e. The molecule has 0 aliphatic rings. The zero-order valence-electron chi connectivity index (χ0n) is 69.4. The number of benzene rings is 15. The van der Waals surface area contributed by atoms with Gasteiger partial charge in [0.15, 0.2) is 0 Å². The molecule has 0 saturated heterocycles. The highest BCUT2D eigenvalue weighted by molar-refractivity contribution is 8.32. The third-order valence-corrected chi connectivity index (χ3v) is 31.5. The Hall–Kier alpha value is -13.2. The normalized spacial score (nSPS) is 11.6. The van der Waals surface area contributed by atoms with Gasteiger partial charge in [0.2, 0.25) is 49.2 Å². The third-order valence-electron chi connectivity index (χ3n) is 19.7. The molecule has 0 heterocycles. The van der Waals surface area contributed by atoms with E-state index in [1.807, 2.05) is 100 Å². The van der Waals surface area contributed by atoms with Crippen LogP contribution >= 0.6 is 10.0 Å². The molecule has 15 aromatic carbocycles. The van der Waals surface area contributed by atoms with Crippen LogP contribution in [0.4, 0.5) is 0 Å². The number of hydrogen-bond acceptors (Lipinski definition) is 18. The summed E-state index contributed by atoms with van der Waals surface area (Å²) in [6.45, 7) is 7.66. The van der Waals surface area contributed by atoms with Crippen LogP contribution in [0.3, 0.4) is 0 Å². The van der Waals surface area contributed by atoms with Crippen molar-refractivity contribution in [1.82, 2.24) is 0 Å². The van der Waals surface area contributed by atoms with Crippen molar-refractivity contribution in [3.05, 3.63) is 386 Å². The van der Waals surface area contributed by atoms with E-state index >= 15 is 0 Å². The van der Waals surface area contributed by atoms with E-state index in [1.54, 1.807) is 252 Å². The Morgan fingerprint density at radius 2 is 0.266 bits per heavy atom. The fourth-order valence-electron chi connectivity index (χ4n) is 12.3. The molecule has 0 aliphatic heterocycles. The van der Waals surface area contributed by atoms with Crippen LogP contribution in [0, 0.1) is 27.7 Å². The van der Waals surface area contributed by atoms with Crippen molar-refractivity contribution < 1.29 is 80.0 Å². The lowest BCUT2D eigenvalue weighted by Gasteiger charge is -2.32. The first-order valence-electron chi connectivity index (χ1n) is 38.6. The summed E-state index contributed by atoms with van der Waals surface area (Å²) in [7, 11) is -12.7. The summed E-state index contributed by atoms with van der Waals surface area (Å²) in [5, 5.41) is 0. The first kappa shape index (κ1) is 90.0. The quantitative estimate of drug-likeness (QED) is 0.0516. The highest BCUT2D eigenvalue weighted by Crippen LogP contribution is 2.57. The van der Waals surface area contributed by atoms with Crippen molar-refractivity contribution in [3.63, 3.8) is 0 Å². The molecule has 0 unspecified atom stereocenters. The summed E-state index contributed by atoms with van der Waals surface area (Å²) >= 11 is 0. The van der Waals surface area contributed by atoms with Gasteiger partial charge in [-0.25, -0.2) is 42.1 Å². The molecule has 0 bridgehead atoms. The molecule has 0 radical (unpaired) electrons. The van der Waals surface area contributed by atoms with Gasteiger partial charge in [0.25, 0.3) is 0 Å². The molecule has 634 valence electrons. The zero-order chi connectivity index (χ0) is 88.4. The monoisotopic (exact) mass is 1770 g/mol. The van der Waals surface area contributed by atoms with E-state index in [1.165, 1.54) is 53.3 Å². The SMILES string of the molecule is COc1ccc(-c2ccc(Oc3ccc(S(=O)(=O)c4ccc(C)cc4)cc3)cc2)cc1.COc1ccc(Oc2ccc(S(=O)(=O)c3ccc(C)cc3)cc2)cc1.COc1ccc(S(=O)(=O)c2ccc(Oc3ccc(S(=O)(=O)c4ccc(C)cc4)cc3)cc2)cc1.COc1ccc(S(C)(C)c2ccc(Oc3ccc(S(=O)(=O)c4ccc(C)cc4)cc3)cc2)cc1. The Balaban J connectivity index is 0.000000152. The van der Waals surface area contributed by atoms with Crippen LogP contribution in [0.25, 0.3) is 11.1 Å². The Kier molecular flexibility index (Phi) is 28.9. The highest BCUT2D eigenvalue weighted by Gasteiger charge is 2.24. The molecule has 15 aromatic rings. The molecule has 18 nitrogen and oxygen atoms in total. The number of aryl methyl sites for hydroxylation is 4. The van der Waals surface area contributed by atoms with Crippen molar-refractivity contribution in [1.29, 1.82) is 0 Å². The minimum Gasteiger partial charge on any atom is -0.497 e. The van der Waals surface area contributed by atoms with E-state index in [4.69, 9.17) is 37.9 Å². The van der Waals surface area contributed by atoms with Gasteiger partial charge >= 0.3 is 0 Å². The summed E-state index contributed by atoms with van der Waals surface area (Å²) in [6, 6.07) is 104. The first-order valence-corrected chi connectivity index (χ1v) is 48.5. The van der Waals surface area contributed by atoms with Crippen molar-refractivity contribution >= 4 is 59.2 Å². The van der Waals surface area contributed by atoms with Gasteiger partial charge in [-0.3, -0.25) is 0 Å². The maximum atomic E-state index is 12.9. The molecule has 0 amide bonds. The molecule has 124 heavy (non-hydrogen) atoms. The minimum absolute atomic E-state index is 0.129. The van der Waals surface area contributed by atoms with Gasteiger partial charge in [-0.15, -0.1) is 0 Å². The first-order chi connectivity index (χ1) is 59.3. The standard InChI is InChI=1S/C28H28O4S2.C26H22O6S2.C26H22O4S.C20H18O4S/c1-21-5-13-27(14-6-21)34(29,30)28-19-11-24(12-20-28)32-23-9-17-26(18-10-23)33(3,4)25-15-7-22(31-2)8-16-25;1-19-3-11-23(12-4-19)33(27,28)25-15-7-21(8-16-25)32-22-9-17-26(18-10-22)34(29,30)24-13-5-20(31-2)6-14-24;1-19-3-15-25(16-4-19)31(27,28)26-17-13-24(14-18-26)30-23-11-7-21(8-12-23)20-5-9-22(29-2)10-6-20;1-15-3-11-19(12-4-15)25(21,22)20-13-9-18(10-14-20)24-17-7-5-16(23-2)6-8-17/h5-20H,1-4H3;3-18H,1-2H3;3-18H,1-2H3;3-14H,1-2H3. The van der Waals surface area contributed by atoms with Crippen LogP contribution in [0.15, 0.2) is 423 Å². The topological polar surface area (TPSA) is 245 Å². The highest BCUT2D eigenvalue weighted by atomic mass is 32.3. The van der Waals surface area contributed by atoms with Crippen molar-refractivity contribution in [2.45, 2.75) is 86.4 Å². The van der Waals surface area contributed by atoms with Gasteiger partial charge in [-0.1, -0.05) is 95.1 Å². The van der Waals surface area contributed by atoms with Gasteiger partial charge in [0.05, 0.1) is 77.4 Å². The average molecular weight is 1770 g/mol. The van der Waals surface area contributed by atoms with E-state index in [-0.39, 0.29) is 49.0 Å². The molecule has 0 saturated carbocycles. The van der Waals surface area contributed by atoms with Gasteiger partial charge in [-0.2, -0.15) is 10.0 Å². The van der Waals surface area contributed by atoms with Crippen LogP contribution in [0.1, 0.15) is 22.3 Å². The predicted octanol–water partition coefficient (Wildman–Crippen LogP) is 23.5. The van der Waals surface area contributed by atoms with E-state index in [2.05, 4.69) is 36.8 Å². The molecule has 0 N–H and O–H groups in total. The Morgan fingerprint density at radius 1 is 0.153 bits per heavy atom. The van der Waals surface area contributed by atoms with E-state index in [0.717, 1.165) is 50.6 Å². The van der Waals surface area contributed by atoms with Crippen LogP contribution in [0.2, 0.25) is 0 Å². The van der Waals surface area contributed by atoms with E-state index in [0.29, 0.717) is 51.7 Å². The predicted molar refractivity (Wildman–Crippen MR) is 484 cm³/mol. The summed E-state index contributed by atoms with van der Waals surface area (Å²) in [4.78, 5) is 4.73. The van der Waals surface area contributed by atoms with Gasteiger partial charge in [0.1, 0.15) is 69.0 Å².